The van der Waals surface area contributed by atoms with E-state index in [0.717, 1.165) is 0 Å². The first-order valence-electron chi connectivity index (χ1n) is 4.12. The molecule has 0 rings (SSSR count). The lowest BCUT2D eigenvalue weighted by Gasteiger charge is -2.27. The molecule has 1 amide bonds. The second kappa shape index (κ2) is 4.22. The maximum absolute atomic E-state index is 11.0. The molecule has 4 N–H and O–H groups in total. The van der Waals surface area contributed by atoms with E-state index in [1.165, 1.54) is 0 Å². The van der Waals surface area contributed by atoms with Crippen LogP contribution >= 0.6 is 7.60 Å². The molecule has 0 aromatic heterocycles. The molecule has 0 heterocycles. The average molecular weight is 209 g/mol. The summed E-state index contributed by atoms with van der Waals surface area (Å²) in [6.07, 6.45) is 0.246. The molecule has 0 spiro atoms. The molecule has 0 aliphatic heterocycles. The van der Waals surface area contributed by atoms with E-state index < -0.39 is 25.1 Å². The first-order chi connectivity index (χ1) is 5.77. The summed E-state index contributed by atoms with van der Waals surface area (Å²) in [6.45, 7) is 3.40. The third-order valence-electron chi connectivity index (χ3n) is 2.38. The molecule has 0 saturated carbocycles. The molecule has 6 heteroatoms. The maximum Gasteiger partial charge on any atom is 0.326 e. The van der Waals surface area contributed by atoms with Crippen LogP contribution in [0.15, 0.2) is 0 Å². The van der Waals surface area contributed by atoms with Crippen molar-refractivity contribution in [3.8, 4) is 0 Å². The van der Waals surface area contributed by atoms with Crippen LogP contribution in [0, 0.1) is 5.41 Å². The van der Waals surface area contributed by atoms with Crippen molar-refractivity contribution in [1.29, 1.82) is 0 Å². The molecule has 0 aromatic rings. The largest absolute Gasteiger partial charge is 0.369 e. The van der Waals surface area contributed by atoms with Gasteiger partial charge in [0.1, 0.15) is 0 Å². The summed E-state index contributed by atoms with van der Waals surface area (Å²) in [5.74, 6) is -0.638. The van der Waals surface area contributed by atoms with Gasteiger partial charge in [-0.15, -0.1) is 0 Å². The lowest BCUT2D eigenvalue weighted by molar-refractivity contribution is -0.127. The number of carbonyl (C=O) groups excluding carboxylic acids is 1. The Hall–Kier alpha value is -0.380. The Kier molecular flexibility index (Phi) is 4.10. The van der Waals surface area contributed by atoms with E-state index in [-0.39, 0.29) is 0 Å². The molecule has 13 heavy (non-hydrogen) atoms. The summed E-state index contributed by atoms with van der Waals surface area (Å²) in [7, 11) is -4.18. The third-order valence-corrected chi connectivity index (χ3v) is 3.40. The van der Waals surface area contributed by atoms with Crippen molar-refractivity contribution in [1.82, 2.24) is 0 Å². The minimum absolute atomic E-state index is 0.351. The second-order valence-corrected chi connectivity index (χ2v) is 4.82. The average Bonchev–Trinajstić information content (AvgIpc) is 1.98. The van der Waals surface area contributed by atoms with Crippen LogP contribution in [0.25, 0.3) is 0 Å². The zero-order valence-corrected chi connectivity index (χ0v) is 8.75. The van der Waals surface area contributed by atoms with E-state index in [4.69, 9.17) is 15.5 Å². The Balaban J connectivity index is 4.79. The molecular weight excluding hydrogens is 193 g/mol. The van der Waals surface area contributed by atoms with Gasteiger partial charge in [-0.25, -0.2) is 0 Å². The number of carbonyl (C=O) groups is 1. The molecule has 0 fully saturated rings. The van der Waals surface area contributed by atoms with Gasteiger partial charge in [0, 0.05) is 0 Å². The van der Waals surface area contributed by atoms with Gasteiger partial charge in [0.05, 0.1) is 11.6 Å². The smallest absolute Gasteiger partial charge is 0.326 e. The molecule has 5 nitrogen and oxygen atoms in total. The zero-order valence-electron chi connectivity index (χ0n) is 7.86. The van der Waals surface area contributed by atoms with Gasteiger partial charge in [-0.3, -0.25) is 9.36 Å². The van der Waals surface area contributed by atoms with Crippen LogP contribution in [-0.4, -0.2) is 21.9 Å². The third kappa shape index (κ3) is 3.46. The van der Waals surface area contributed by atoms with Crippen LogP contribution in [0.2, 0.25) is 0 Å². The SMILES string of the molecule is CCC(CC)(CP(=O)(O)O)C(N)=O. The Morgan fingerprint density at radius 1 is 1.38 bits per heavy atom. The van der Waals surface area contributed by atoms with E-state index in [2.05, 4.69) is 0 Å². The fourth-order valence-corrected chi connectivity index (χ4v) is 2.69. The second-order valence-electron chi connectivity index (χ2n) is 3.17. The van der Waals surface area contributed by atoms with Crippen molar-refractivity contribution in [2.75, 3.05) is 6.16 Å². The van der Waals surface area contributed by atoms with Crippen molar-refractivity contribution in [3.05, 3.63) is 0 Å². The van der Waals surface area contributed by atoms with E-state index >= 15 is 0 Å². The molecule has 0 aliphatic carbocycles. The molecule has 0 aromatic carbocycles. The number of rotatable bonds is 5. The highest BCUT2D eigenvalue weighted by Crippen LogP contribution is 2.44. The number of primary amides is 1. The lowest BCUT2D eigenvalue weighted by atomic mass is 9.84. The van der Waals surface area contributed by atoms with Gasteiger partial charge in [-0.2, -0.15) is 0 Å². The quantitative estimate of drug-likeness (QED) is 0.572. The van der Waals surface area contributed by atoms with E-state index in [1.807, 2.05) is 0 Å². The Morgan fingerprint density at radius 3 is 1.85 bits per heavy atom. The monoisotopic (exact) mass is 209 g/mol. The van der Waals surface area contributed by atoms with Gasteiger partial charge in [-0.1, -0.05) is 13.8 Å². The van der Waals surface area contributed by atoms with E-state index in [1.54, 1.807) is 13.8 Å². The first-order valence-corrected chi connectivity index (χ1v) is 5.91. The van der Waals surface area contributed by atoms with Crippen LogP contribution in [0.3, 0.4) is 0 Å². The van der Waals surface area contributed by atoms with Crippen molar-refractivity contribution < 1.29 is 19.1 Å². The minimum atomic E-state index is -4.18. The summed E-state index contributed by atoms with van der Waals surface area (Å²) >= 11 is 0. The highest BCUT2D eigenvalue weighted by Gasteiger charge is 2.39. The van der Waals surface area contributed by atoms with Crippen molar-refractivity contribution >= 4 is 13.5 Å². The van der Waals surface area contributed by atoms with Crippen LogP contribution in [0.5, 0.6) is 0 Å². The first kappa shape index (κ1) is 12.6. The van der Waals surface area contributed by atoms with Crippen LogP contribution < -0.4 is 5.73 Å². The van der Waals surface area contributed by atoms with Crippen LogP contribution in [0.4, 0.5) is 0 Å². The number of amides is 1. The van der Waals surface area contributed by atoms with Crippen molar-refractivity contribution in [2.45, 2.75) is 26.7 Å². The fourth-order valence-electron chi connectivity index (χ4n) is 1.29. The van der Waals surface area contributed by atoms with Gasteiger partial charge in [0.25, 0.3) is 0 Å². The summed E-state index contributed by atoms with van der Waals surface area (Å²) in [6, 6.07) is 0. The summed E-state index contributed by atoms with van der Waals surface area (Å²) in [5.41, 5.74) is 4.06. The Morgan fingerprint density at radius 2 is 1.77 bits per heavy atom. The Bertz CT molecular complexity index is 231. The molecular formula is C7H16NO4P. The maximum atomic E-state index is 11.0. The lowest BCUT2D eigenvalue weighted by Crippen LogP contribution is -2.39. The molecule has 0 unspecified atom stereocenters. The molecule has 0 radical (unpaired) electrons. The standard InChI is InChI=1S/C7H16NO4P/c1-3-7(4-2,6(8)9)5-13(10,11)12/h3-5H2,1-2H3,(H2,8,9)(H2,10,11,12). The predicted molar refractivity (Wildman–Crippen MR) is 49.1 cm³/mol. The predicted octanol–water partition coefficient (Wildman–Crippen LogP) is 0.456. The van der Waals surface area contributed by atoms with Gasteiger partial charge in [-0.05, 0) is 12.8 Å². The molecule has 0 saturated heterocycles. The highest BCUT2D eigenvalue weighted by molar-refractivity contribution is 7.51. The summed E-state index contributed by atoms with van der Waals surface area (Å²) < 4.78 is 10.8. The van der Waals surface area contributed by atoms with Crippen molar-refractivity contribution in [3.63, 3.8) is 0 Å². The minimum Gasteiger partial charge on any atom is -0.369 e. The topological polar surface area (TPSA) is 101 Å². The van der Waals surface area contributed by atoms with Crippen LogP contribution in [0.1, 0.15) is 26.7 Å². The molecule has 0 bridgehead atoms. The van der Waals surface area contributed by atoms with Crippen LogP contribution in [-0.2, 0) is 9.36 Å². The number of hydrogen-bond donors (Lipinski definition) is 3. The number of hydrogen-bond acceptors (Lipinski definition) is 2. The van der Waals surface area contributed by atoms with Gasteiger partial charge < -0.3 is 15.5 Å². The zero-order chi connectivity index (χ0) is 10.7. The summed E-state index contributed by atoms with van der Waals surface area (Å²) in [4.78, 5) is 28.6. The van der Waals surface area contributed by atoms with Crippen molar-refractivity contribution in [2.24, 2.45) is 11.1 Å². The molecule has 0 atom stereocenters. The van der Waals surface area contributed by atoms with Gasteiger partial charge >= 0.3 is 7.60 Å². The van der Waals surface area contributed by atoms with Gasteiger partial charge in [0.15, 0.2) is 0 Å². The van der Waals surface area contributed by atoms with Gasteiger partial charge in [0.2, 0.25) is 5.91 Å². The van der Waals surface area contributed by atoms with E-state index in [0.29, 0.717) is 12.8 Å². The highest BCUT2D eigenvalue weighted by atomic mass is 31.2. The fraction of sp³-hybridized carbons (Fsp3) is 0.857. The van der Waals surface area contributed by atoms with E-state index in [9.17, 15) is 9.36 Å². The Labute approximate surface area is 77.5 Å². The molecule has 78 valence electrons. The molecule has 0 aliphatic rings. The normalized spacial score (nSPS) is 12.9. The summed E-state index contributed by atoms with van der Waals surface area (Å²) in [5, 5.41) is 0. The number of nitrogens with two attached hydrogens (primary N) is 1.